The van der Waals surface area contributed by atoms with E-state index in [1.807, 2.05) is 30.3 Å². The van der Waals surface area contributed by atoms with Gasteiger partial charge in [-0.2, -0.15) is 18.2 Å². The molecule has 264 valence electrons. The largest absolute Gasteiger partial charge is 0.355 e. The van der Waals surface area contributed by atoms with Crippen LogP contribution in [0.3, 0.4) is 0 Å². The van der Waals surface area contributed by atoms with Gasteiger partial charge in [0.2, 0.25) is 11.8 Å². The van der Waals surface area contributed by atoms with E-state index in [0.29, 0.717) is 19.4 Å². The summed E-state index contributed by atoms with van der Waals surface area (Å²) in [5.41, 5.74) is 2.08. The molecule has 0 radical (unpaired) electrons. The number of nitrogens with one attached hydrogen (secondary N) is 6. The fourth-order valence-electron chi connectivity index (χ4n) is 5.27. The van der Waals surface area contributed by atoms with Crippen molar-refractivity contribution in [2.45, 2.75) is 51.7 Å². The summed E-state index contributed by atoms with van der Waals surface area (Å²) < 4.78 is 31.2. The van der Waals surface area contributed by atoms with Crippen LogP contribution >= 0.6 is 0 Å². The molecule has 1 aromatic heterocycles. The molecule has 0 spiro atoms. The number of nitrogens with zero attached hydrogens (tertiary/aromatic N) is 3. The highest BCUT2D eigenvalue weighted by Crippen LogP contribution is 2.25. The maximum atomic E-state index is 13.9. The predicted molar refractivity (Wildman–Crippen MR) is 185 cm³/mol. The van der Waals surface area contributed by atoms with Gasteiger partial charge in [0.1, 0.15) is 0 Å². The first-order valence-corrected chi connectivity index (χ1v) is 17.6. The number of hydrogen-bond acceptors (Lipinski definition) is 8. The van der Waals surface area contributed by atoms with Crippen LogP contribution in [-0.4, -0.2) is 86.6 Å². The van der Waals surface area contributed by atoms with Crippen molar-refractivity contribution in [3.8, 4) is 0 Å². The Labute approximate surface area is 286 Å². The maximum absolute atomic E-state index is 13.9. The molecule has 15 nitrogen and oxygen atoms in total. The van der Waals surface area contributed by atoms with Crippen LogP contribution in [0.4, 0.5) is 5.69 Å². The Morgan fingerprint density at radius 1 is 0.980 bits per heavy atom. The fraction of sp³-hybridized carbons (Fsp3) is 0.424. The summed E-state index contributed by atoms with van der Waals surface area (Å²) in [4.78, 5) is 51.8. The Morgan fingerprint density at radius 3 is 2.31 bits per heavy atom. The summed E-state index contributed by atoms with van der Waals surface area (Å²) in [6.45, 7) is 6.19. The minimum absolute atomic E-state index is 0.0863. The van der Waals surface area contributed by atoms with Gasteiger partial charge in [-0.3, -0.25) is 28.2 Å². The quantitative estimate of drug-likeness (QED) is 0.132. The van der Waals surface area contributed by atoms with Gasteiger partial charge < -0.3 is 26.6 Å². The van der Waals surface area contributed by atoms with E-state index in [4.69, 9.17) is 0 Å². The Bertz CT molecular complexity index is 1730. The number of amides is 4. The molecule has 3 atom stereocenters. The molecule has 1 unspecified atom stereocenters. The van der Waals surface area contributed by atoms with Crippen LogP contribution in [0, 0.1) is 0 Å². The highest BCUT2D eigenvalue weighted by molar-refractivity contribution is 7.90. The fourth-order valence-corrected chi connectivity index (χ4v) is 6.58. The minimum Gasteiger partial charge on any atom is -0.355 e. The minimum atomic E-state index is -3.89. The van der Waals surface area contributed by atoms with Crippen LogP contribution in [0.5, 0.6) is 0 Å². The van der Waals surface area contributed by atoms with Gasteiger partial charge in [0, 0.05) is 62.2 Å². The van der Waals surface area contributed by atoms with E-state index in [9.17, 15) is 27.6 Å². The number of likely N-dealkylation sites (N-methyl/N-ethyl adjacent to an activating group) is 1. The van der Waals surface area contributed by atoms with E-state index < -0.39 is 40.1 Å². The predicted octanol–water partition coefficient (Wildman–Crippen LogP) is 0.527. The molecular weight excluding hydrogens is 650 g/mol. The lowest BCUT2D eigenvalue weighted by atomic mass is 10.0. The number of anilines is 1. The molecule has 0 bridgehead atoms. The summed E-state index contributed by atoms with van der Waals surface area (Å²) >= 11 is 0. The maximum Gasteiger partial charge on any atom is 0.301 e. The second-order valence-electron chi connectivity index (χ2n) is 11.9. The van der Waals surface area contributed by atoms with Crippen molar-refractivity contribution in [3.63, 3.8) is 0 Å². The first kappa shape index (κ1) is 37.0. The first-order chi connectivity index (χ1) is 23.4. The van der Waals surface area contributed by atoms with Crippen molar-refractivity contribution < 1.29 is 27.6 Å². The Kier molecular flexibility index (Phi) is 12.9. The zero-order valence-electron chi connectivity index (χ0n) is 28.2. The van der Waals surface area contributed by atoms with Crippen LogP contribution in [0.15, 0.2) is 60.9 Å². The third-order valence-electron chi connectivity index (χ3n) is 7.94. The molecule has 6 N–H and O–H groups in total. The molecule has 3 aromatic rings. The van der Waals surface area contributed by atoms with Gasteiger partial charge in [0.05, 0.1) is 30.5 Å². The highest BCUT2D eigenvalue weighted by Gasteiger charge is 2.28. The van der Waals surface area contributed by atoms with Crippen molar-refractivity contribution in [2.75, 3.05) is 37.0 Å². The standard InChI is InChI=1S/C33H45N9O6S/c1-5-34-30(43)20-36-31(44)23(3)35-19-28(14-24-10-7-6-8-11-24)40-33(46)26-15-25(32(45)39-22(2)27-18-37-41(4)21-27)16-29(17-26)42-13-9-12-38-49(42,47)48/h6-8,10-11,15-18,21-23,28,35,38H,5,9,12-14,19-20H2,1-4H3,(H,34,43)(H,36,44)(H,39,45)(H,40,46)/t22?,23-,28-/m0/s1. The van der Waals surface area contributed by atoms with E-state index >= 15 is 0 Å². The smallest absolute Gasteiger partial charge is 0.301 e. The van der Waals surface area contributed by atoms with Gasteiger partial charge in [0.25, 0.3) is 11.8 Å². The normalized spacial score (nSPS) is 15.8. The summed E-state index contributed by atoms with van der Waals surface area (Å²) in [6.07, 6.45) is 4.36. The molecule has 4 amide bonds. The second-order valence-corrected chi connectivity index (χ2v) is 13.6. The Morgan fingerprint density at radius 2 is 1.67 bits per heavy atom. The molecule has 1 fully saturated rings. The third-order valence-corrected chi connectivity index (χ3v) is 9.48. The second kappa shape index (κ2) is 17.0. The molecule has 16 heteroatoms. The zero-order chi connectivity index (χ0) is 35.6. The Balaban J connectivity index is 1.57. The number of hydrogen-bond donors (Lipinski definition) is 6. The summed E-state index contributed by atoms with van der Waals surface area (Å²) in [7, 11) is -2.12. The monoisotopic (exact) mass is 695 g/mol. The Hall–Kier alpha value is -4.80. The molecule has 1 aliphatic heterocycles. The molecule has 49 heavy (non-hydrogen) atoms. The number of carbonyl (C=O) groups is 4. The molecule has 0 saturated carbocycles. The first-order valence-electron chi connectivity index (χ1n) is 16.2. The van der Waals surface area contributed by atoms with E-state index in [2.05, 4.69) is 36.4 Å². The lowest BCUT2D eigenvalue weighted by Crippen LogP contribution is -2.50. The van der Waals surface area contributed by atoms with Crippen molar-refractivity contribution in [2.24, 2.45) is 7.05 Å². The van der Waals surface area contributed by atoms with Crippen molar-refractivity contribution in [1.29, 1.82) is 0 Å². The lowest BCUT2D eigenvalue weighted by Gasteiger charge is -2.29. The topological polar surface area (TPSA) is 196 Å². The van der Waals surface area contributed by atoms with Gasteiger partial charge in [-0.15, -0.1) is 0 Å². The van der Waals surface area contributed by atoms with Gasteiger partial charge in [-0.1, -0.05) is 30.3 Å². The molecule has 1 aliphatic rings. The van der Waals surface area contributed by atoms with Crippen LogP contribution in [0.1, 0.15) is 65.1 Å². The van der Waals surface area contributed by atoms with Crippen molar-refractivity contribution >= 4 is 39.5 Å². The number of benzene rings is 2. The van der Waals surface area contributed by atoms with Crippen LogP contribution < -0.4 is 35.6 Å². The van der Waals surface area contributed by atoms with Crippen molar-refractivity contribution in [1.82, 2.24) is 41.1 Å². The van der Waals surface area contributed by atoms with E-state index in [0.717, 1.165) is 15.4 Å². The zero-order valence-corrected chi connectivity index (χ0v) is 29.0. The lowest BCUT2D eigenvalue weighted by molar-refractivity contribution is -0.127. The molecular formula is C33H45N9O6S. The van der Waals surface area contributed by atoms with E-state index in [1.165, 1.54) is 18.2 Å². The number of aromatic nitrogens is 2. The number of carbonyl (C=O) groups excluding carboxylic acids is 4. The van der Waals surface area contributed by atoms with Crippen LogP contribution in [0.25, 0.3) is 0 Å². The molecule has 0 aliphatic carbocycles. The molecule has 1 saturated heterocycles. The number of aryl methyl sites for hydroxylation is 1. The average Bonchev–Trinajstić information content (AvgIpc) is 3.52. The summed E-state index contributed by atoms with van der Waals surface area (Å²) in [6, 6.07) is 12.2. The van der Waals surface area contributed by atoms with Crippen LogP contribution in [-0.2, 0) is 33.3 Å². The molecule has 4 rings (SSSR count). The summed E-state index contributed by atoms with van der Waals surface area (Å²) in [5.74, 6) is -1.71. The molecule has 2 aromatic carbocycles. The van der Waals surface area contributed by atoms with Gasteiger partial charge in [-0.25, -0.2) is 0 Å². The number of rotatable bonds is 15. The van der Waals surface area contributed by atoms with Gasteiger partial charge in [0.15, 0.2) is 0 Å². The van der Waals surface area contributed by atoms with Crippen LogP contribution in [0.2, 0.25) is 0 Å². The van der Waals surface area contributed by atoms with Crippen molar-refractivity contribution in [3.05, 3.63) is 83.2 Å². The SMILES string of the molecule is CCNC(=O)CNC(=O)[C@H](C)NC[C@H](Cc1ccccc1)NC(=O)c1cc(C(=O)NC(C)c2cnn(C)c2)cc(N2CCCNS2(=O)=O)c1. The highest BCUT2D eigenvalue weighted by atomic mass is 32.2. The van der Waals surface area contributed by atoms with Gasteiger partial charge in [-0.05, 0) is 57.4 Å². The van der Waals surface area contributed by atoms with Gasteiger partial charge >= 0.3 is 10.2 Å². The third kappa shape index (κ3) is 10.6. The average molecular weight is 696 g/mol. The van der Waals surface area contributed by atoms with E-state index in [-0.39, 0.29) is 54.8 Å². The van der Waals surface area contributed by atoms with E-state index in [1.54, 1.807) is 44.9 Å². The molecule has 2 heterocycles. The summed E-state index contributed by atoms with van der Waals surface area (Å²) in [5, 5.41) is 18.4.